The van der Waals surface area contributed by atoms with Gasteiger partial charge in [-0.1, -0.05) is 139 Å². The fourth-order valence-electron chi connectivity index (χ4n) is 9.08. The third-order valence-electron chi connectivity index (χ3n) is 12.5. The molecule has 62 heavy (non-hydrogen) atoms. The van der Waals surface area contributed by atoms with Gasteiger partial charge in [0.15, 0.2) is 0 Å². The number of anilines is 7. The maximum Gasteiger partial charge on any atom is 0.137 e. The van der Waals surface area contributed by atoms with E-state index in [4.69, 9.17) is 4.98 Å². The highest BCUT2D eigenvalue weighted by atomic mass is 15.4. The van der Waals surface area contributed by atoms with Crippen LogP contribution in [0.2, 0.25) is 0 Å². The van der Waals surface area contributed by atoms with Gasteiger partial charge in [-0.15, -0.1) is 0 Å². The number of para-hydroxylation sites is 4. The van der Waals surface area contributed by atoms with Crippen LogP contribution in [-0.4, -0.2) is 16.2 Å². The fourth-order valence-corrected chi connectivity index (χ4v) is 9.08. The van der Waals surface area contributed by atoms with Crippen LogP contribution in [0.25, 0.3) is 38.8 Å². The Morgan fingerprint density at radius 3 is 1.74 bits per heavy atom. The molecule has 3 heterocycles. The summed E-state index contributed by atoms with van der Waals surface area (Å²) in [6, 6.07) is 64.2. The highest BCUT2D eigenvalue weighted by Gasteiger charge is 2.29. The van der Waals surface area contributed by atoms with Crippen LogP contribution >= 0.6 is 0 Å². The molecule has 1 aliphatic rings. The van der Waals surface area contributed by atoms with Crippen LogP contribution in [0.1, 0.15) is 58.2 Å². The molecule has 0 fully saturated rings. The quantitative estimate of drug-likeness (QED) is 0.160. The molecule has 10 rings (SSSR count). The largest absolute Gasteiger partial charge is 0.321 e. The fraction of sp³-hybridized carbons (Fsp3) is 0.175. The average molecular weight is 808 g/mol. The zero-order valence-electron chi connectivity index (χ0n) is 36.8. The van der Waals surface area contributed by atoms with Crippen LogP contribution in [0.15, 0.2) is 182 Å². The number of hydrogen-bond donors (Lipinski definition) is 0. The molecule has 0 atom stereocenters. The Hall–Kier alpha value is -7.11. The molecular formula is C57H53N5. The van der Waals surface area contributed by atoms with Crippen LogP contribution in [-0.2, 0) is 10.8 Å². The number of hydrogen-bond acceptors (Lipinski definition) is 4. The van der Waals surface area contributed by atoms with Gasteiger partial charge < -0.3 is 14.7 Å². The van der Waals surface area contributed by atoms with Crippen molar-refractivity contribution < 1.29 is 0 Å². The Labute approximate surface area is 366 Å². The van der Waals surface area contributed by atoms with Crippen molar-refractivity contribution in [2.75, 3.05) is 21.4 Å². The van der Waals surface area contributed by atoms with Crippen molar-refractivity contribution in [3.05, 3.63) is 199 Å². The third kappa shape index (κ3) is 6.97. The lowest BCUT2D eigenvalue weighted by Gasteiger charge is -2.28. The van der Waals surface area contributed by atoms with Crippen molar-refractivity contribution in [3.8, 4) is 16.9 Å². The Bertz CT molecular complexity index is 3070. The van der Waals surface area contributed by atoms with E-state index in [0.29, 0.717) is 6.67 Å². The molecule has 0 saturated heterocycles. The van der Waals surface area contributed by atoms with E-state index in [2.05, 4.69) is 244 Å². The number of pyridine rings is 1. The number of fused-ring (bicyclic) bond motifs is 4. The minimum atomic E-state index is 0.0982. The number of aryl methyl sites for hydroxylation is 1. The maximum atomic E-state index is 5.18. The molecule has 0 N–H and O–H groups in total. The predicted octanol–water partition coefficient (Wildman–Crippen LogP) is 15.5. The number of rotatable bonds is 7. The van der Waals surface area contributed by atoms with E-state index in [1.807, 2.05) is 6.20 Å². The van der Waals surface area contributed by atoms with E-state index in [1.165, 1.54) is 50.1 Å². The number of benzene rings is 7. The normalized spacial score (nSPS) is 13.0. The minimum absolute atomic E-state index is 0.0982. The first-order chi connectivity index (χ1) is 29.9. The van der Waals surface area contributed by atoms with Crippen LogP contribution < -0.4 is 14.7 Å². The van der Waals surface area contributed by atoms with Crippen molar-refractivity contribution in [1.29, 1.82) is 0 Å². The zero-order chi connectivity index (χ0) is 42.8. The summed E-state index contributed by atoms with van der Waals surface area (Å²) in [4.78, 5) is 12.4. The molecule has 5 heteroatoms. The summed E-state index contributed by atoms with van der Waals surface area (Å²) in [7, 11) is 0. The van der Waals surface area contributed by atoms with E-state index in [-0.39, 0.29) is 10.8 Å². The minimum Gasteiger partial charge on any atom is -0.321 e. The van der Waals surface area contributed by atoms with E-state index in [1.54, 1.807) is 0 Å². The van der Waals surface area contributed by atoms with Crippen molar-refractivity contribution in [2.45, 2.75) is 59.3 Å². The van der Waals surface area contributed by atoms with Gasteiger partial charge in [-0.05, 0) is 119 Å². The molecule has 0 unspecified atom stereocenters. The Morgan fingerprint density at radius 2 is 1.06 bits per heavy atom. The molecule has 0 radical (unpaired) electrons. The number of aromatic nitrogens is 2. The van der Waals surface area contributed by atoms with Crippen LogP contribution in [0.3, 0.4) is 0 Å². The Balaban J connectivity index is 1.06. The molecule has 5 nitrogen and oxygen atoms in total. The van der Waals surface area contributed by atoms with Gasteiger partial charge >= 0.3 is 0 Å². The van der Waals surface area contributed by atoms with Crippen LogP contribution in [0.5, 0.6) is 0 Å². The first-order valence-corrected chi connectivity index (χ1v) is 21.7. The third-order valence-corrected chi connectivity index (χ3v) is 12.5. The molecule has 7 aromatic carbocycles. The van der Waals surface area contributed by atoms with Gasteiger partial charge in [-0.25, -0.2) is 4.98 Å². The smallest absolute Gasteiger partial charge is 0.137 e. The lowest BCUT2D eigenvalue weighted by atomic mass is 9.86. The second kappa shape index (κ2) is 15.1. The molecule has 0 bridgehead atoms. The van der Waals surface area contributed by atoms with Gasteiger partial charge in [0.25, 0.3) is 0 Å². The van der Waals surface area contributed by atoms with Gasteiger partial charge in [0.1, 0.15) is 12.5 Å². The molecule has 2 aromatic heterocycles. The summed E-state index contributed by atoms with van der Waals surface area (Å²) in [5, 5.41) is 2.39. The van der Waals surface area contributed by atoms with Crippen molar-refractivity contribution >= 4 is 61.6 Å². The summed E-state index contributed by atoms with van der Waals surface area (Å²) in [6.45, 7) is 16.5. The summed E-state index contributed by atoms with van der Waals surface area (Å²) in [5.41, 5.74) is 16.6. The highest BCUT2D eigenvalue weighted by molar-refractivity contribution is 6.10. The second-order valence-electron chi connectivity index (χ2n) is 18.7. The van der Waals surface area contributed by atoms with Gasteiger partial charge in [0.05, 0.1) is 22.4 Å². The lowest BCUT2D eigenvalue weighted by molar-refractivity contribution is 0.590. The van der Waals surface area contributed by atoms with E-state index < -0.39 is 0 Å². The van der Waals surface area contributed by atoms with Crippen molar-refractivity contribution in [3.63, 3.8) is 0 Å². The molecule has 0 amide bonds. The Morgan fingerprint density at radius 1 is 0.484 bits per heavy atom. The summed E-state index contributed by atoms with van der Waals surface area (Å²) in [5.74, 6) is 0.902. The van der Waals surface area contributed by atoms with Gasteiger partial charge in [-0.3, -0.25) is 4.57 Å². The summed E-state index contributed by atoms with van der Waals surface area (Å²) < 4.78 is 2.33. The molecule has 0 spiro atoms. The molecule has 0 saturated carbocycles. The van der Waals surface area contributed by atoms with Crippen LogP contribution in [0, 0.1) is 6.92 Å². The second-order valence-corrected chi connectivity index (χ2v) is 18.7. The van der Waals surface area contributed by atoms with E-state index in [9.17, 15) is 0 Å². The lowest BCUT2D eigenvalue weighted by Crippen LogP contribution is -2.24. The van der Waals surface area contributed by atoms with Crippen LogP contribution in [0.4, 0.5) is 39.8 Å². The topological polar surface area (TPSA) is 27.5 Å². The predicted molar refractivity (Wildman–Crippen MR) is 263 cm³/mol. The average Bonchev–Trinajstić information content (AvgIpc) is 3.83. The summed E-state index contributed by atoms with van der Waals surface area (Å²) >= 11 is 0. The molecular weight excluding hydrogens is 755 g/mol. The molecule has 0 aliphatic carbocycles. The van der Waals surface area contributed by atoms with E-state index in [0.717, 1.165) is 45.2 Å². The van der Waals surface area contributed by atoms with Crippen molar-refractivity contribution in [2.24, 2.45) is 0 Å². The monoisotopic (exact) mass is 807 g/mol. The Kier molecular flexibility index (Phi) is 9.52. The molecule has 306 valence electrons. The SMILES string of the molecule is Cc1cc(-n2c3ccccc3c3ccc(N(c4ccccc4)c4cccc(N5CN(c6ccc(C(C)(C)C)cc6)c6ccccc65)c4)cc32)ncc1-c1ccc(C(C)(C)C)cc1. The maximum absolute atomic E-state index is 5.18. The van der Waals surface area contributed by atoms with Gasteiger partial charge in [0, 0.05) is 51.0 Å². The number of nitrogens with zero attached hydrogens (tertiary/aromatic N) is 5. The molecule has 1 aliphatic heterocycles. The van der Waals surface area contributed by atoms with Gasteiger partial charge in [0.2, 0.25) is 0 Å². The standard InChI is InChI=1S/C57H53N5/c1-39-34-55(58-37-50(39)40-24-26-41(27-25-40)56(2,3)4)62-51-21-12-11-20-48(51)49-33-32-47(36-54(49)62)61(44-16-9-8-10-17-44)46-19-15-18-45(35-46)60-38-59(52-22-13-14-23-53(52)60)43-30-28-42(29-31-43)57(5,6)7/h8-37H,38H2,1-7H3. The summed E-state index contributed by atoms with van der Waals surface area (Å²) in [6.07, 6.45) is 2.04. The first kappa shape index (κ1) is 39.1. The first-order valence-electron chi connectivity index (χ1n) is 21.7. The van der Waals surface area contributed by atoms with Crippen molar-refractivity contribution in [1.82, 2.24) is 9.55 Å². The zero-order valence-corrected chi connectivity index (χ0v) is 36.8. The molecule has 9 aromatic rings. The highest BCUT2D eigenvalue weighted by Crippen LogP contribution is 2.46. The van der Waals surface area contributed by atoms with Gasteiger partial charge in [-0.2, -0.15) is 0 Å². The van der Waals surface area contributed by atoms with E-state index >= 15 is 0 Å².